The van der Waals surface area contributed by atoms with Gasteiger partial charge in [0.05, 0.1) is 12.7 Å². The number of rotatable bonds is 6. The summed E-state index contributed by atoms with van der Waals surface area (Å²) in [4.78, 5) is 23.4. The molecule has 8 nitrogen and oxygen atoms in total. The average Bonchev–Trinajstić information content (AvgIpc) is 3.06. The number of carbonyl (C=O) groups excluding carboxylic acids is 2. The van der Waals surface area contributed by atoms with Crippen molar-refractivity contribution in [3.05, 3.63) is 42.2 Å². The largest absolute Gasteiger partial charge is 0.497 e. The number of aromatic nitrogens is 1. The number of aliphatic hydroxyl groups is 1. The van der Waals surface area contributed by atoms with Gasteiger partial charge in [0.2, 0.25) is 0 Å². The van der Waals surface area contributed by atoms with Gasteiger partial charge in [-0.05, 0) is 24.6 Å². The highest BCUT2D eigenvalue weighted by molar-refractivity contribution is 6.39. The van der Waals surface area contributed by atoms with Gasteiger partial charge in [-0.25, -0.2) is 0 Å². The summed E-state index contributed by atoms with van der Waals surface area (Å²) in [6.45, 7) is 1.50. The molecule has 0 saturated carbocycles. The molecule has 0 saturated heterocycles. The summed E-state index contributed by atoms with van der Waals surface area (Å²) in [6, 6.07) is 8.63. The van der Waals surface area contributed by atoms with Gasteiger partial charge in [0, 0.05) is 19.0 Å². The minimum absolute atomic E-state index is 0.0793. The SMILES string of the molecule is COc1ccc(CC(C)(O)CNC(=O)C(=O)Nc2ccon2)cc1. The normalized spacial score (nSPS) is 13.0. The van der Waals surface area contributed by atoms with E-state index in [9.17, 15) is 14.7 Å². The van der Waals surface area contributed by atoms with Crippen molar-refractivity contribution in [3.8, 4) is 5.75 Å². The molecule has 1 unspecified atom stereocenters. The van der Waals surface area contributed by atoms with Gasteiger partial charge >= 0.3 is 11.8 Å². The quantitative estimate of drug-likeness (QED) is 0.672. The number of ether oxygens (including phenoxy) is 1. The number of methoxy groups -OCH3 is 1. The highest BCUT2D eigenvalue weighted by Crippen LogP contribution is 2.16. The van der Waals surface area contributed by atoms with Crippen LogP contribution in [-0.4, -0.2) is 41.3 Å². The number of nitrogens with zero attached hydrogens (tertiary/aromatic N) is 1. The van der Waals surface area contributed by atoms with Gasteiger partial charge in [-0.3, -0.25) is 14.9 Å². The highest BCUT2D eigenvalue weighted by atomic mass is 16.5. The fourth-order valence-electron chi connectivity index (χ4n) is 2.05. The van der Waals surface area contributed by atoms with Crippen molar-refractivity contribution in [2.45, 2.75) is 18.9 Å². The Morgan fingerprint density at radius 2 is 1.96 bits per heavy atom. The monoisotopic (exact) mass is 333 g/mol. The summed E-state index contributed by atoms with van der Waals surface area (Å²) in [7, 11) is 1.57. The Bertz CT molecular complexity index is 680. The van der Waals surface area contributed by atoms with Crippen LogP contribution in [0.15, 0.2) is 41.1 Å². The van der Waals surface area contributed by atoms with Gasteiger partial charge in [-0.15, -0.1) is 0 Å². The Hall–Kier alpha value is -2.87. The van der Waals surface area contributed by atoms with Crippen molar-refractivity contribution >= 4 is 17.6 Å². The third kappa shape index (κ3) is 5.10. The Morgan fingerprint density at radius 1 is 1.25 bits per heavy atom. The van der Waals surface area contributed by atoms with Crippen LogP contribution < -0.4 is 15.4 Å². The molecule has 0 bridgehead atoms. The zero-order valence-corrected chi connectivity index (χ0v) is 13.4. The molecule has 128 valence electrons. The van der Waals surface area contributed by atoms with Gasteiger partial charge in [-0.2, -0.15) is 0 Å². The highest BCUT2D eigenvalue weighted by Gasteiger charge is 2.24. The van der Waals surface area contributed by atoms with Crippen molar-refractivity contribution in [1.29, 1.82) is 0 Å². The number of amides is 2. The van der Waals surface area contributed by atoms with Crippen molar-refractivity contribution in [3.63, 3.8) is 0 Å². The summed E-state index contributed by atoms with van der Waals surface area (Å²) in [5.41, 5.74) is -0.333. The molecule has 0 spiro atoms. The first-order chi connectivity index (χ1) is 11.4. The summed E-state index contributed by atoms with van der Waals surface area (Å²) in [6.07, 6.45) is 1.58. The fourth-order valence-corrected chi connectivity index (χ4v) is 2.05. The van der Waals surface area contributed by atoms with E-state index in [-0.39, 0.29) is 12.4 Å². The third-order valence-corrected chi connectivity index (χ3v) is 3.26. The summed E-state index contributed by atoms with van der Waals surface area (Å²) >= 11 is 0. The molecule has 3 N–H and O–H groups in total. The zero-order chi connectivity index (χ0) is 17.6. The number of benzene rings is 1. The lowest BCUT2D eigenvalue weighted by atomic mass is 9.96. The van der Waals surface area contributed by atoms with Crippen LogP contribution in [0.1, 0.15) is 12.5 Å². The van der Waals surface area contributed by atoms with Crippen LogP contribution in [0.2, 0.25) is 0 Å². The molecule has 1 heterocycles. The molecule has 8 heteroatoms. The van der Waals surface area contributed by atoms with E-state index in [0.717, 1.165) is 11.3 Å². The fraction of sp³-hybridized carbons (Fsp3) is 0.312. The molecule has 0 fully saturated rings. The van der Waals surface area contributed by atoms with Crippen LogP contribution in [0, 0.1) is 0 Å². The second-order valence-corrected chi connectivity index (χ2v) is 5.54. The number of anilines is 1. The molecule has 0 aliphatic heterocycles. The van der Waals surface area contributed by atoms with Crippen molar-refractivity contribution in [1.82, 2.24) is 10.5 Å². The smallest absolute Gasteiger partial charge is 0.314 e. The molecule has 1 aromatic carbocycles. The van der Waals surface area contributed by atoms with Crippen LogP contribution in [0.5, 0.6) is 5.75 Å². The van der Waals surface area contributed by atoms with Gasteiger partial charge in [0.15, 0.2) is 5.82 Å². The van der Waals surface area contributed by atoms with Crippen molar-refractivity contribution in [2.24, 2.45) is 0 Å². The van der Waals surface area contributed by atoms with Crippen LogP contribution in [0.3, 0.4) is 0 Å². The average molecular weight is 333 g/mol. The first-order valence-corrected chi connectivity index (χ1v) is 7.24. The van der Waals surface area contributed by atoms with E-state index in [1.165, 1.54) is 12.3 Å². The molecule has 24 heavy (non-hydrogen) atoms. The maximum Gasteiger partial charge on any atom is 0.314 e. The van der Waals surface area contributed by atoms with E-state index >= 15 is 0 Å². The van der Waals surface area contributed by atoms with E-state index in [1.54, 1.807) is 26.2 Å². The lowest BCUT2D eigenvalue weighted by Crippen LogP contribution is -2.45. The molecule has 0 radical (unpaired) electrons. The van der Waals surface area contributed by atoms with Gasteiger partial charge in [0.25, 0.3) is 0 Å². The standard InChI is InChI=1S/C16H19N3O5/c1-16(22,9-11-3-5-12(23-2)6-4-11)10-17-14(20)15(21)18-13-7-8-24-19-13/h3-8,22H,9-10H2,1-2H3,(H,17,20)(H,18,19,21). The van der Waals surface area contributed by atoms with E-state index in [2.05, 4.69) is 20.3 Å². The Kier molecular flexibility index (Phi) is 5.54. The summed E-state index contributed by atoms with van der Waals surface area (Å²) < 4.78 is 9.62. The van der Waals surface area contributed by atoms with Gasteiger partial charge in [0.1, 0.15) is 12.0 Å². The molecule has 0 aliphatic rings. The van der Waals surface area contributed by atoms with E-state index < -0.39 is 17.4 Å². The molecule has 2 aromatic rings. The maximum absolute atomic E-state index is 11.7. The molecular formula is C16H19N3O5. The first-order valence-electron chi connectivity index (χ1n) is 7.24. The number of hydrogen-bond acceptors (Lipinski definition) is 6. The molecule has 1 atom stereocenters. The Morgan fingerprint density at radius 3 is 2.54 bits per heavy atom. The van der Waals surface area contributed by atoms with Crippen LogP contribution in [-0.2, 0) is 16.0 Å². The minimum Gasteiger partial charge on any atom is -0.497 e. The maximum atomic E-state index is 11.7. The number of carbonyl (C=O) groups is 2. The topological polar surface area (TPSA) is 114 Å². The first kappa shape index (κ1) is 17.5. The predicted octanol–water partition coefficient (Wildman–Crippen LogP) is 0.732. The van der Waals surface area contributed by atoms with Crippen LogP contribution in [0.25, 0.3) is 0 Å². The summed E-state index contributed by atoms with van der Waals surface area (Å²) in [5.74, 6) is -0.895. The zero-order valence-electron chi connectivity index (χ0n) is 13.4. The molecule has 1 aromatic heterocycles. The van der Waals surface area contributed by atoms with E-state index in [4.69, 9.17) is 4.74 Å². The van der Waals surface area contributed by atoms with E-state index in [0.29, 0.717) is 6.42 Å². The lowest BCUT2D eigenvalue weighted by molar-refractivity contribution is -0.136. The van der Waals surface area contributed by atoms with Crippen LogP contribution >= 0.6 is 0 Å². The van der Waals surface area contributed by atoms with Gasteiger partial charge < -0.3 is 19.7 Å². The molecular weight excluding hydrogens is 314 g/mol. The second kappa shape index (κ2) is 7.60. The second-order valence-electron chi connectivity index (χ2n) is 5.54. The van der Waals surface area contributed by atoms with Crippen molar-refractivity contribution < 1.29 is 24.0 Å². The lowest BCUT2D eigenvalue weighted by Gasteiger charge is -2.23. The number of hydrogen-bond donors (Lipinski definition) is 3. The molecule has 0 aliphatic carbocycles. The van der Waals surface area contributed by atoms with Gasteiger partial charge in [-0.1, -0.05) is 17.3 Å². The predicted molar refractivity (Wildman–Crippen MR) is 85.5 cm³/mol. The minimum atomic E-state index is -1.21. The van der Waals surface area contributed by atoms with E-state index in [1.807, 2.05) is 12.1 Å². The Labute approximate surface area is 138 Å². The molecule has 2 rings (SSSR count). The summed E-state index contributed by atoms with van der Waals surface area (Å²) in [5, 5.41) is 18.5. The molecule has 2 amide bonds. The van der Waals surface area contributed by atoms with Crippen LogP contribution in [0.4, 0.5) is 5.82 Å². The van der Waals surface area contributed by atoms with Crippen molar-refractivity contribution in [2.75, 3.05) is 19.0 Å². The third-order valence-electron chi connectivity index (χ3n) is 3.26. The number of nitrogens with one attached hydrogen (secondary N) is 2. The Balaban J connectivity index is 1.84.